The van der Waals surface area contributed by atoms with Crippen molar-refractivity contribution in [1.82, 2.24) is 4.98 Å². The molecule has 1 aromatic carbocycles. The first kappa shape index (κ1) is 14.0. The van der Waals surface area contributed by atoms with Gasteiger partial charge in [0.1, 0.15) is 11.6 Å². The second-order valence-electron chi connectivity index (χ2n) is 4.45. The third kappa shape index (κ3) is 2.63. The first-order valence-electron chi connectivity index (χ1n) is 5.80. The van der Waals surface area contributed by atoms with E-state index >= 15 is 0 Å². The number of nitrogen functional groups attached to an aromatic ring is 1. The molecule has 0 radical (unpaired) electrons. The fraction of sp³-hybridized carbons (Fsp3) is 0.214. The third-order valence-electron chi connectivity index (χ3n) is 3.20. The first-order chi connectivity index (χ1) is 8.27. The summed E-state index contributed by atoms with van der Waals surface area (Å²) in [5.74, 6) is 1.39. The Morgan fingerprint density at radius 2 is 1.83 bits per heavy atom. The average Bonchev–Trinajstić information content (AvgIpc) is 3.13. The van der Waals surface area contributed by atoms with Crippen molar-refractivity contribution in [3.63, 3.8) is 0 Å². The van der Waals surface area contributed by atoms with Gasteiger partial charge < -0.3 is 10.8 Å². The summed E-state index contributed by atoms with van der Waals surface area (Å²) < 4.78 is 0. The van der Waals surface area contributed by atoms with Crippen LogP contribution in [0.4, 0.5) is 5.82 Å². The van der Waals surface area contributed by atoms with E-state index in [4.69, 9.17) is 5.73 Å². The molecule has 3 rings (SSSR count). The number of phenols is 1. The van der Waals surface area contributed by atoms with Crippen LogP contribution in [-0.4, -0.2) is 61.5 Å². The molecule has 0 atom stereocenters. The number of hydrogen-bond donors (Lipinski definition) is 2. The number of aromatic nitrogens is 1. The van der Waals surface area contributed by atoms with Crippen LogP contribution in [0, 0.1) is 0 Å². The van der Waals surface area contributed by atoms with Gasteiger partial charge in [-0.2, -0.15) is 0 Å². The normalized spacial score (nSPS) is 14.0. The van der Waals surface area contributed by atoms with Gasteiger partial charge in [-0.15, -0.1) is 0 Å². The Balaban J connectivity index is 0.00000120. The molecule has 0 saturated heterocycles. The summed E-state index contributed by atoms with van der Waals surface area (Å²) in [6.07, 6.45) is 4.02. The summed E-state index contributed by atoms with van der Waals surface area (Å²) in [6, 6.07) is 9.28. The molecule has 1 heterocycles. The van der Waals surface area contributed by atoms with E-state index in [2.05, 4.69) is 4.98 Å². The zero-order valence-corrected chi connectivity index (χ0v) is 9.43. The van der Waals surface area contributed by atoms with Crippen molar-refractivity contribution in [1.29, 1.82) is 0 Å². The standard InChI is InChI=1S/C14H14N2O.K.H/c15-14-13(9-5-6-9)11(7-8-16-14)10-3-1-2-4-12(10)17;;/h1-4,7-9,17H,5-6H2,(H2,15,16);;. The van der Waals surface area contributed by atoms with E-state index in [9.17, 15) is 5.11 Å². The summed E-state index contributed by atoms with van der Waals surface area (Å²) >= 11 is 0. The van der Waals surface area contributed by atoms with Crippen molar-refractivity contribution >= 4 is 57.2 Å². The Bertz CT molecular complexity index is 567. The number of phenolic OH excluding ortho intramolecular Hbond substituents is 1. The molecule has 1 aromatic heterocycles. The Morgan fingerprint density at radius 3 is 2.50 bits per heavy atom. The quantitative estimate of drug-likeness (QED) is 0.820. The minimum atomic E-state index is 0. The van der Waals surface area contributed by atoms with E-state index in [1.165, 1.54) is 0 Å². The molecule has 1 aliphatic rings. The van der Waals surface area contributed by atoms with Gasteiger partial charge in [0.15, 0.2) is 0 Å². The number of benzene rings is 1. The Hall–Kier alpha value is -0.394. The molecule has 0 amide bonds. The van der Waals surface area contributed by atoms with E-state index in [1.807, 2.05) is 24.3 Å². The van der Waals surface area contributed by atoms with Crippen LogP contribution in [0.15, 0.2) is 36.5 Å². The van der Waals surface area contributed by atoms with Crippen molar-refractivity contribution in [3.8, 4) is 16.9 Å². The molecule has 0 spiro atoms. The summed E-state index contributed by atoms with van der Waals surface area (Å²) in [6.45, 7) is 0. The fourth-order valence-corrected chi connectivity index (χ4v) is 2.23. The zero-order chi connectivity index (χ0) is 11.8. The van der Waals surface area contributed by atoms with Crippen LogP contribution in [0.3, 0.4) is 0 Å². The molecule has 0 unspecified atom stereocenters. The van der Waals surface area contributed by atoms with Crippen molar-refractivity contribution < 1.29 is 5.11 Å². The van der Waals surface area contributed by atoms with E-state index in [0.717, 1.165) is 29.5 Å². The van der Waals surface area contributed by atoms with Gasteiger partial charge in [0, 0.05) is 17.3 Å². The molecule has 1 fully saturated rings. The molecule has 18 heavy (non-hydrogen) atoms. The Kier molecular flexibility index (Phi) is 4.45. The predicted molar refractivity (Wildman–Crippen MR) is 74.9 cm³/mol. The molecule has 1 saturated carbocycles. The maximum absolute atomic E-state index is 9.92. The molecule has 1 aliphatic carbocycles. The van der Waals surface area contributed by atoms with Crippen molar-refractivity contribution in [2.75, 3.05) is 5.73 Å². The van der Waals surface area contributed by atoms with Crippen LogP contribution >= 0.6 is 0 Å². The predicted octanol–water partition coefficient (Wildman–Crippen LogP) is 2.27. The van der Waals surface area contributed by atoms with Crippen LogP contribution in [0.1, 0.15) is 24.3 Å². The second kappa shape index (κ2) is 5.71. The number of aromatic hydroxyl groups is 1. The Morgan fingerprint density at radius 1 is 1.11 bits per heavy atom. The molecule has 2 aromatic rings. The van der Waals surface area contributed by atoms with Gasteiger partial charge in [-0.05, 0) is 36.5 Å². The third-order valence-corrected chi connectivity index (χ3v) is 3.20. The molecular weight excluding hydrogens is 251 g/mol. The monoisotopic (exact) mass is 266 g/mol. The van der Waals surface area contributed by atoms with Gasteiger partial charge in [-0.1, -0.05) is 18.2 Å². The van der Waals surface area contributed by atoms with Gasteiger partial charge in [0.25, 0.3) is 0 Å². The number of nitrogens with zero attached hydrogens (tertiary/aromatic N) is 1. The molecule has 3 nitrogen and oxygen atoms in total. The fourth-order valence-electron chi connectivity index (χ4n) is 2.23. The van der Waals surface area contributed by atoms with Gasteiger partial charge >= 0.3 is 51.4 Å². The maximum atomic E-state index is 9.92. The van der Waals surface area contributed by atoms with E-state index < -0.39 is 0 Å². The van der Waals surface area contributed by atoms with Crippen molar-refractivity contribution in [3.05, 3.63) is 42.1 Å². The van der Waals surface area contributed by atoms with Gasteiger partial charge in [-0.3, -0.25) is 0 Å². The van der Waals surface area contributed by atoms with Gasteiger partial charge in [0.2, 0.25) is 0 Å². The van der Waals surface area contributed by atoms with Gasteiger partial charge in [0.05, 0.1) is 0 Å². The van der Waals surface area contributed by atoms with E-state index in [0.29, 0.717) is 17.5 Å². The van der Waals surface area contributed by atoms with Gasteiger partial charge in [-0.25, -0.2) is 4.98 Å². The SMILES string of the molecule is Nc1nccc(-c2ccccc2O)c1C1CC1.[KH]. The average molecular weight is 266 g/mol. The summed E-state index contributed by atoms with van der Waals surface area (Å²) in [5.41, 5.74) is 8.90. The van der Waals surface area contributed by atoms with Crippen LogP contribution in [0.5, 0.6) is 5.75 Å². The zero-order valence-electron chi connectivity index (χ0n) is 9.43. The van der Waals surface area contributed by atoms with Crippen molar-refractivity contribution in [2.45, 2.75) is 18.8 Å². The number of anilines is 1. The molecule has 3 N–H and O–H groups in total. The molecule has 0 bridgehead atoms. The number of nitrogens with two attached hydrogens (primary N) is 1. The van der Waals surface area contributed by atoms with Crippen LogP contribution in [0.25, 0.3) is 11.1 Å². The second-order valence-corrected chi connectivity index (χ2v) is 4.45. The topological polar surface area (TPSA) is 59.1 Å². The molecule has 4 heteroatoms. The minimum absolute atomic E-state index is 0. The molecule has 0 aliphatic heterocycles. The molecule has 88 valence electrons. The number of hydrogen-bond acceptors (Lipinski definition) is 3. The van der Waals surface area contributed by atoms with Crippen molar-refractivity contribution in [2.24, 2.45) is 0 Å². The van der Waals surface area contributed by atoms with Crippen LogP contribution in [0.2, 0.25) is 0 Å². The summed E-state index contributed by atoms with van der Waals surface area (Å²) in [7, 11) is 0. The van der Waals surface area contributed by atoms with Crippen LogP contribution in [-0.2, 0) is 0 Å². The number of rotatable bonds is 2. The summed E-state index contributed by atoms with van der Waals surface area (Å²) in [5, 5.41) is 9.92. The Labute approximate surface area is 149 Å². The molecular formula is C14H15KN2O. The first-order valence-corrected chi connectivity index (χ1v) is 5.80. The van der Waals surface area contributed by atoms with Crippen LogP contribution < -0.4 is 5.73 Å². The van der Waals surface area contributed by atoms with E-state index in [-0.39, 0.29) is 51.4 Å². The number of pyridine rings is 1. The number of para-hydroxylation sites is 1. The summed E-state index contributed by atoms with van der Waals surface area (Å²) in [4.78, 5) is 4.15. The van der Waals surface area contributed by atoms with E-state index in [1.54, 1.807) is 12.3 Å².